The smallest absolute Gasteiger partial charge is 0.258 e. The van der Waals surface area contributed by atoms with Crippen LogP contribution in [0.5, 0.6) is 0 Å². The number of aryl methyl sites for hydroxylation is 2. The predicted molar refractivity (Wildman–Crippen MR) is 81.7 cm³/mol. The van der Waals surface area contributed by atoms with E-state index in [1.807, 2.05) is 6.92 Å². The fourth-order valence-electron chi connectivity index (χ4n) is 2.84. The third-order valence-electron chi connectivity index (χ3n) is 3.94. The highest BCUT2D eigenvalue weighted by Gasteiger charge is 2.33. The molecular formula is C16H24N2O4. The first kappa shape index (κ1) is 16.5. The van der Waals surface area contributed by atoms with Gasteiger partial charge in [0.15, 0.2) is 0 Å². The van der Waals surface area contributed by atoms with Crippen molar-refractivity contribution in [2.24, 2.45) is 0 Å². The van der Waals surface area contributed by atoms with E-state index in [2.05, 4.69) is 5.32 Å². The Morgan fingerprint density at radius 2 is 2.18 bits per heavy atom. The number of amides is 2. The van der Waals surface area contributed by atoms with Crippen molar-refractivity contribution in [2.45, 2.75) is 39.2 Å². The zero-order valence-electron chi connectivity index (χ0n) is 13.5. The molecule has 2 rings (SSSR count). The minimum absolute atomic E-state index is 0.108. The minimum atomic E-state index is -0.410. The van der Waals surface area contributed by atoms with Gasteiger partial charge in [0.1, 0.15) is 17.6 Å². The van der Waals surface area contributed by atoms with E-state index in [0.717, 1.165) is 12.8 Å². The summed E-state index contributed by atoms with van der Waals surface area (Å²) in [5.74, 6) is 1.08. The van der Waals surface area contributed by atoms with Crippen LogP contribution in [0.25, 0.3) is 0 Å². The molecule has 1 aromatic heterocycles. The second-order valence-corrected chi connectivity index (χ2v) is 5.62. The molecule has 0 saturated carbocycles. The average Bonchev–Trinajstić information content (AvgIpc) is 2.85. The molecule has 1 saturated heterocycles. The number of piperidine rings is 1. The molecule has 0 spiro atoms. The molecule has 1 N–H and O–H groups in total. The van der Waals surface area contributed by atoms with Gasteiger partial charge in [-0.2, -0.15) is 0 Å². The summed E-state index contributed by atoms with van der Waals surface area (Å²) < 4.78 is 10.4. The van der Waals surface area contributed by atoms with E-state index in [-0.39, 0.29) is 11.8 Å². The standard InChI is InChI=1S/C16H24N2O4/c1-11-10-13(12(2)22-11)16(20)18-8-5-4-6-14(18)15(19)17-7-9-21-3/h10,14H,4-9H2,1-3H3,(H,17,19). The molecule has 0 bridgehead atoms. The van der Waals surface area contributed by atoms with Crippen LogP contribution in [0.4, 0.5) is 0 Å². The van der Waals surface area contributed by atoms with E-state index in [4.69, 9.17) is 9.15 Å². The summed E-state index contributed by atoms with van der Waals surface area (Å²) in [5, 5.41) is 2.83. The molecule has 2 heterocycles. The molecule has 2 amide bonds. The summed E-state index contributed by atoms with van der Waals surface area (Å²) in [6, 6.07) is 1.33. The summed E-state index contributed by atoms with van der Waals surface area (Å²) in [4.78, 5) is 26.7. The predicted octanol–water partition coefficient (Wildman–Crippen LogP) is 1.65. The Morgan fingerprint density at radius 3 is 2.82 bits per heavy atom. The lowest BCUT2D eigenvalue weighted by molar-refractivity contribution is -0.126. The van der Waals surface area contributed by atoms with Crippen LogP contribution in [0.3, 0.4) is 0 Å². The van der Waals surface area contributed by atoms with Crippen LogP contribution in [0.1, 0.15) is 41.1 Å². The maximum Gasteiger partial charge on any atom is 0.258 e. The Hall–Kier alpha value is -1.82. The van der Waals surface area contributed by atoms with Gasteiger partial charge in [0.05, 0.1) is 12.2 Å². The maximum absolute atomic E-state index is 12.7. The Labute approximate surface area is 130 Å². The highest BCUT2D eigenvalue weighted by Crippen LogP contribution is 2.23. The van der Waals surface area contributed by atoms with Gasteiger partial charge in [-0.05, 0) is 39.2 Å². The lowest BCUT2D eigenvalue weighted by atomic mass is 10.00. The van der Waals surface area contributed by atoms with Gasteiger partial charge < -0.3 is 19.4 Å². The summed E-state index contributed by atoms with van der Waals surface area (Å²) in [5.41, 5.74) is 0.550. The van der Waals surface area contributed by atoms with Crippen molar-refractivity contribution < 1.29 is 18.7 Å². The molecule has 1 atom stereocenters. The second kappa shape index (κ2) is 7.45. The van der Waals surface area contributed by atoms with E-state index >= 15 is 0 Å². The van der Waals surface area contributed by atoms with Crippen molar-refractivity contribution in [1.82, 2.24) is 10.2 Å². The van der Waals surface area contributed by atoms with Crippen LogP contribution >= 0.6 is 0 Å². The van der Waals surface area contributed by atoms with Crippen molar-refractivity contribution in [3.8, 4) is 0 Å². The van der Waals surface area contributed by atoms with E-state index in [1.54, 1.807) is 25.0 Å². The Balaban J connectivity index is 2.10. The topological polar surface area (TPSA) is 71.8 Å². The molecule has 0 aromatic carbocycles. The monoisotopic (exact) mass is 308 g/mol. The van der Waals surface area contributed by atoms with Gasteiger partial charge >= 0.3 is 0 Å². The first-order chi connectivity index (χ1) is 10.5. The van der Waals surface area contributed by atoms with Crippen LogP contribution < -0.4 is 5.32 Å². The van der Waals surface area contributed by atoms with Gasteiger partial charge in [0.2, 0.25) is 5.91 Å². The molecule has 1 aliphatic heterocycles. The van der Waals surface area contributed by atoms with Crippen LogP contribution in [-0.4, -0.2) is 49.6 Å². The summed E-state index contributed by atoms with van der Waals surface area (Å²) in [7, 11) is 1.59. The average molecular weight is 308 g/mol. The molecular weight excluding hydrogens is 284 g/mol. The molecule has 1 fully saturated rings. The van der Waals surface area contributed by atoms with Gasteiger partial charge in [-0.15, -0.1) is 0 Å². The molecule has 0 radical (unpaired) electrons. The first-order valence-corrected chi connectivity index (χ1v) is 7.69. The first-order valence-electron chi connectivity index (χ1n) is 7.69. The minimum Gasteiger partial charge on any atom is -0.466 e. The van der Waals surface area contributed by atoms with Crippen LogP contribution in [0, 0.1) is 13.8 Å². The van der Waals surface area contributed by atoms with Crippen molar-refractivity contribution in [2.75, 3.05) is 26.8 Å². The summed E-state index contributed by atoms with van der Waals surface area (Å²) in [6.45, 7) is 5.11. The van der Waals surface area contributed by atoms with Crippen molar-refractivity contribution in [1.29, 1.82) is 0 Å². The number of furan rings is 1. The number of likely N-dealkylation sites (tertiary alicyclic amines) is 1. The molecule has 6 heteroatoms. The highest BCUT2D eigenvalue weighted by atomic mass is 16.5. The number of methoxy groups -OCH3 is 1. The number of ether oxygens (including phenoxy) is 1. The molecule has 1 unspecified atom stereocenters. The Kier molecular flexibility index (Phi) is 5.60. The van der Waals surface area contributed by atoms with Gasteiger partial charge in [-0.25, -0.2) is 0 Å². The van der Waals surface area contributed by atoms with Crippen molar-refractivity contribution >= 4 is 11.8 Å². The van der Waals surface area contributed by atoms with Gasteiger partial charge in [-0.3, -0.25) is 9.59 Å². The molecule has 22 heavy (non-hydrogen) atoms. The molecule has 1 aromatic rings. The largest absolute Gasteiger partial charge is 0.466 e. The van der Waals surface area contributed by atoms with Crippen LogP contribution in [0.15, 0.2) is 10.5 Å². The van der Waals surface area contributed by atoms with E-state index < -0.39 is 6.04 Å². The Morgan fingerprint density at radius 1 is 1.41 bits per heavy atom. The number of rotatable bonds is 5. The molecule has 1 aliphatic rings. The molecule has 6 nitrogen and oxygen atoms in total. The zero-order valence-corrected chi connectivity index (χ0v) is 13.5. The number of carbonyl (C=O) groups excluding carboxylic acids is 2. The zero-order chi connectivity index (χ0) is 16.1. The van der Waals surface area contributed by atoms with Gasteiger partial charge in [0, 0.05) is 20.2 Å². The van der Waals surface area contributed by atoms with Crippen LogP contribution in [0.2, 0.25) is 0 Å². The SMILES string of the molecule is COCCNC(=O)C1CCCCN1C(=O)c1cc(C)oc1C. The van der Waals surface area contributed by atoms with Gasteiger partial charge in [0.25, 0.3) is 5.91 Å². The summed E-state index contributed by atoms with van der Waals surface area (Å²) >= 11 is 0. The maximum atomic E-state index is 12.7. The summed E-state index contributed by atoms with van der Waals surface area (Å²) in [6.07, 6.45) is 2.57. The Bertz CT molecular complexity index is 538. The van der Waals surface area contributed by atoms with E-state index in [1.165, 1.54) is 0 Å². The number of hydrogen-bond donors (Lipinski definition) is 1. The number of nitrogens with one attached hydrogen (secondary N) is 1. The fourth-order valence-corrected chi connectivity index (χ4v) is 2.84. The third kappa shape index (κ3) is 3.68. The van der Waals surface area contributed by atoms with E-state index in [0.29, 0.717) is 43.2 Å². The molecule has 122 valence electrons. The fraction of sp³-hybridized carbons (Fsp3) is 0.625. The molecule has 0 aliphatic carbocycles. The van der Waals surface area contributed by atoms with Crippen molar-refractivity contribution in [3.05, 3.63) is 23.2 Å². The number of carbonyl (C=O) groups is 2. The van der Waals surface area contributed by atoms with E-state index in [9.17, 15) is 9.59 Å². The lowest BCUT2D eigenvalue weighted by Gasteiger charge is -2.34. The third-order valence-corrected chi connectivity index (χ3v) is 3.94. The normalized spacial score (nSPS) is 18.3. The number of nitrogens with zero attached hydrogens (tertiary/aromatic N) is 1. The lowest BCUT2D eigenvalue weighted by Crippen LogP contribution is -2.52. The highest BCUT2D eigenvalue weighted by molar-refractivity contribution is 5.98. The quantitative estimate of drug-likeness (QED) is 0.840. The van der Waals surface area contributed by atoms with Gasteiger partial charge in [-0.1, -0.05) is 0 Å². The second-order valence-electron chi connectivity index (χ2n) is 5.62. The van der Waals surface area contributed by atoms with Crippen molar-refractivity contribution in [3.63, 3.8) is 0 Å². The van der Waals surface area contributed by atoms with Crippen LogP contribution in [-0.2, 0) is 9.53 Å². The number of hydrogen-bond acceptors (Lipinski definition) is 4.